The van der Waals surface area contributed by atoms with E-state index in [2.05, 4.69) is 15.3 Å². The lowest BCUT2D eigenvalue weighted by molar-refractivity contribution is 0.0973. The predicted molar refractivity (Wildman–Crippen MR) is 134 cm³/mol. The highest BCUT2D eigenvalue weighted by atomic mass is 16.5. The Kier molecular flexibility index (Phi) is 6.13. The molecule has 0 radical (unpaired) electrons. The van der Waals surface area contributed by atoms with Crippen molar-refractivity contribution in [2.45, 2.75) is 6.42 Å². The fraction of sp³-hybridized carbons (Fsp3) is 0.107. The van der Waals surface area contributed by atoms with E-state index in [-0.39, 0.29) is 5.91 Å². The molecule has 0 atom stereocenters. The lowest BCUT2D eigenvalue weighted by atomic mass is 10.0. The highest BCUT2D eigenvalue weighted by Gasteiger charge is 2.16. The number of nitrogens with one attached hydrogen (secondary N) is 1. The molecule has 1 aliphatic rings. The van der Waals surface area contributed by atoms with Crippen molar-refractivity contribution in [3.63, 3.8) is 0 Å². The number of pyridine rings is 2. The van der Waals surface area contributed by atoms with E-state index >= 15 is 0 Å². The second-order valence-electron chi connectivity index (χ2n) is 7.86. The summed E-state index contributed by atoms with van der Waals surface area (Å²) in [7, 11) is 3.19. The molecule has 0 aliphatic heterocycles. The Hall–Kier alpha value is -4.65. The van der Waals surface area contributed by atoms with Crippen molar-refractivity contribution in [2.24, 2.45) is 0 Å². The van der Waals surface area contributed by atoms with E-state index in [1.165, 1.54) is 0 Å². The van der Waals surface area contributed by atoms with Gasteiger partial charge in [-0.2, -0.15) is 0 Å². The average molecular weight is 466 g/mol. The summed E-state index contributed by atoms with van der Waals surface area (Å²) >= 11 is 0. The molecule has 2 aromatic heterocycles. The molecular formula is C28H23N3O4. The van der Waals surface area contributed by atoms with Crippen LogP contribution in [-0.2, 0) is 6.42 Å². The molecule has 0 saturated heterocycles. The summed E-state index contributed by atoms with van der Waals surface area (Å²) < 4.78 is 17.1. The maximum Gasteiger partial charge on any atom is 0.255 e. The third-order valence-corrected chi connectivity index (χ3v) is 5.73. The molecule has 0 spiro atoms. The predicted octanol–water partition coefficient (Wildman–Crippen LogP) is 5.32. The smallest absolute Gasteiger partial charge is 0.255 e. The molecule has 1 N–H and O–H groups in total. The van der Waals surface area contributed by atoms with Crippen LogP contribution >= 0.6 is 0 Å². The zero-order valence-corrected chi connectivity index (χ0v) is 19.3. The van der Waals surface area contributed by atoms with Crippen LogP contribution in [0.1, 0.15) is 21.5 Å². The number of allylic oxidation sites excluding steroid dienone is 3. The monoisotopic (exact) mass is 465 g/mol. The minimum atomic E-state index is -0.187. The van der Waals surface area contributed by atoms with Gasteiger partial charge in [-0.15, -0.1) is 0 Å². The normalized spacial score (nSPS) is 12.3. The van der Waals surface area contributed by atoms with Gasteiger partial charge >= 0.3 is 0 Å². The van der Waals surface area contributed by atoms with Crippen LogP contribution in [0.15, 0.2) is 85.3 Å². The average Bonchev–Trinajstić information content (AvgIpc) is 3.10. The largest absolute Gasteiger partial charge is 0.493 e. The highest BCUT2D eigenvalue weighted by Crippen LogP contribution is 2.37. The van der Waals surface area contributed by atoms with E-state index in [0.717, 1.165) is 27.7 Å². The fourth-order valence-electron chi connectivity index (χ4n) is 3.98. The van der Waals surface area contributed by atoms with Gasteiger partial charge in [0, 0.05) is 46.9 Å². The second-order valence-corrected chi connectivity index (χ2v) is 7.86. The fourth-order valence-corrected chi connectivity index (χ4v) is 3.98. The number of methoxy groups -OCH3 is 2. The number of amides is 1. The number of benzene rings is 2. The van der Waals surface area contributed by atoms with Crippen LogP contribution in [0.2, 0.25) is 0 Å². The zero-order valence-electron chi connectivity index (χ0n) is 19.3. The van der Waals surface area contributed by atoms with E-state index in [9.17, 15) is 4.79 Å². The van der Waals surface area contributed by atoms with Gasteiger partial charge in [0.2, 0.25) is 0 Å². The van der Waals surface area contributed by atoms with Crippen LogP contribution in [0, 0.1) is 0 Å². The molecule has 0 fully saturated rings. The van der Waals surface area contributed by atoms with E-state index in [1.54, 1.807) is 44.9 Å². The highest BCUT2D eigenvalue weighted by molar-refractivity contribution is 6.00. The van der Waals surface area contributed by atoms with Gasteiger partial charge in [-0.1, -0.05) is 12.2 Å². The van der Waals surface area contributed by atoms with Crippen molar-refractivity contribution in [3.8, 4) is 23.0 Å². The molecule has 4 aromatic rings. The first-order valence-corrected chi connectivity index (χ1v) is 11.1. The molecule has 7 nitrogen and oxygen atoms in total. The van der Waals surface area contributed by atoms with E-state index in [4.69, 9.17) is 14.2 Å². The van der Waals surface area contributed by atoms with Gasteiger partial charge in [-0.3, -0.25) is 14.8 Å². The van der Waals surface area contributed by atoms with Gasteiger partial charge in [0.15, 0.2) is 11.5 Å². The topological polar surface area (TPSA) is 82.6 Å². The van der Waals surface area contributed by atoms with Gasteiger partial charge in [0.25, 0.3) is 5.91 Å². The number of aromatic nitrogens is 2. The molecule has 5 rings (SSSR count). The molecule has 1 amide bonds. The van der Waals surface area contributed by atoms with Crippen molar-refractivity contribution in [1.29, 1.82) is 0 Å². The number of nitrogens with zero attached hydrogens (tertiary/aromatic N) is 2. The standard InChI is InChI=1S/C28H23N3O4/c1-33-26-16-22-24(17-27(26)34-2)30-14-11-25(22)35-20-7-8-21-19(15-20)5-3-4-6-23(21)31-28(32)18-9-12-29-13-10-18/h3-4,6-17H,5H2,1-2H3,(H,31,32). The van der Waals surface area contributed by atoms with Gasteiger partial charge in [-0.25, -0.2) is 0 Å². The summed E-state index contributed by atoms with van der Waals surface area (Å²) in [6.45, 7) is 0. The van der Waals surface area contributed by atoms with Crippen LogP contribution in [0.3, 0.4) is 0 Å². The molecule has 7 heteroatoms. The Morgan fingerprint density at radius 3 is 2.51 bits per heavy atom. The lowest BCUT2D eigenvalue weighted by Crippen LogP contribution is -2.22. The summed E-state index contributed by atoms with van der Waals surface area (Å²) in [6.07, 6.45) is 11.5. The summed E-state index contributed by atoms with van der Waals surface area (Å²) in [5.41, 5.74) is 3.99. The zero-order chi connectivity index (χ0) is 24.2. The summed E-state index contributed by atoms with van der Waals surface area (Å²) in [6, 6.07) is 14.7. The lowest BCUT2D eigenvalue weighted by Gasteiger charge is -2.15. The number of rotatable bonds is 6. The number of hydrogen-bond donors (Lipinski definition) is 1. The molecule has 1 aliphatic carbocycles. The summed E-state index contributed by atoms with van der Waals surface area (Å²) in [5, 5.41) is 3.83. The number of carbonyl (C=O) groups excluding carboxylic acids is 1. The first kappa shape index (κ1) is 22.2. The van der Waals surface area contributed by atoms with Crippen molar-refractivity contribution < 1.29 is 19.0 Å². The first-order valence-electron chi connectivity index (χ1n) is 11.1. The van der Waals surface area contributed by atoms with Gasteiger partial charge in [-0.05, 0) is 60.5 Å². The quantitative estimate of drug-likeness (QED) is 0.415. The van der Waals surface area contributed by atoms with Crippen molar-refractivity contribution in [2.75, 3.05) is 14.2 Å². The Morgan fingerprint density at radius 2 is 1.71 bits per heavy atom. The van der Waals surface area contributed by atoms with Crippen molar-refractivity contribution >= 4 is 22.5 Å². The van der Waals surface area contributed by atoms with Gasteiger partial charge in [0.05, 0.1) is 19.7 Å². The molecular weight excluding hydrogens is 442 g/mol. The molecule has 0 bridgehead atoms. The maximum absolute atomic E-state index is 12.7. The Bertz CT molecular complexity index is 1460. The van der Waals surface area contributed by atoms with Gasteiger partial charge < -0.3 is 19.5 Å². The Labute approximate surface area is 202 Å². The van der Waals surface area contributed by atoms with Crippen LogP contribution < -0.4 is 19.5 Å². The first-order chi connectivity index (χ1) is 17.2. The molecule has 174 valence electrons. The van der Waals surface area contributed by atoms with Crippen molar-refractivity contribution in [1.82, 2.24) is 15.3 Å². The number of ether oxygens (including phenoxy) is 3. The summed E-state index contributed by atoms with van der Waals surface area (Å²) in [4.78, 5) is 21.1. The Balaban J connectivity index is 1.45. The summed E-state index contributed by atoms with van der Waals surface area (Å²) in [5.74, 6) is 2.36. The minimum Gasteiger partial charge on any atom is -0.493 e. The van der Waals surface area contributed by atoms with Crippen LogP contribution in [0.4, 0.5) is 0 Å². The van der Waals surface area contributed by atoms with Crippen LogP contribution in [-0.4, -0.2) is 30.1 Å². The number of fused-ring (bicyclic) bond motifs is 2. The minimum absolute atomic E-state index is 0.187. The number of carbonyl (C=O) groups is 1. The van der Waals surface area contributed by atoms with E-state index < -0.39 is 0 Å². The van der Waals surface area contributed by atoms with E-state index in [1.807, 2.05) is 54.6 Å². The third-order valence-electron chi connectivity index (χ3n) is 5.73. The van der Waals surface area contributed by atoms with E-state index in [0.29, 0.717) is 35.0 Å². The van der Waals surface area contributed by atoms with Crippen molar-refractivity contribution in [3.05, 3.63) is 102 Å². The second kappa shape index (κ2) is 9.69. The van der Waals surface area contributed by atoms with Crippen LogP contribution in [0.5, 0.6) is 23.0 Å². The SMILES string of the molecule is COc1cc2nccc(Oc3ccc4c(c3)CC=CC=C4NC(=O)c3ccncc3)c2cc1OC. The molecule has 0 unspecified atom stereocenters. The van der Waals surface area contributed by atoms with Crippen LogP contribution in [0.25, 0.3) is 16.6 Å². The van der Waals surface area contributed by atoms with Gasteiger partial charge in [0.1, 0.15) is 11.5 Å². The maximum atomic E-state index is 12.7. The molecule has 2 aromatic carbocycles. The molecule has 2 heterocycles. The molecule has 35 heavy (non-hydrogen) atoms. The molecule has 0 saturated carbocycles. The third kappa shape index (κ3) is 4.56. The Morgan fingerprint density at radius 1 is 0.914 bits per heavy atom. The number of hydrogen-bond acceptors (Lipinski definition) is 6.